The molecule has 1 aromatic rings. The number of pyridine rings is 1. The normalized spacial score (nSPS) is 25.9. The monoisotopic (exact) mass is 323 g/mol. The Morgan fingerprint density at radius 1 is 1.42 bits per heavy atom. The Hall–Kier alpha value is -1.43. The molecule has 1 spiro atoms. The molecular formula is C13H14BrN3O2. The lowest BCUT2D eigenvalue weighted by molar-refractivity contribution is -0.127. The van der Waals surface area contributed by atoms with Gasteiger partial charge >= 0.3 is 0 Å². The van der Waals surface area contributed by atoms with Gasteiger partial charge in [0.15, 0.2) is 0 Å². The smallest absolute Gasteiger partial charge is 0.232 e. The maximum Gasteiger partial charge on any atom is 0.232 e. The SMILES string of the molecule is O=C1Nc2ncc(Br)cc2CC12CCC(=NO)CC2. The summed E-state index contributed by atoms with van der Waals surface area (Å²) in [6, 6.07) is 2.01. The van der Waals surface area contributed by atoms with Gasteiger partial charge in [-0.3, -0.25) is 4.79 Å². The number of hydrogen-bond acceptors (Lipinski definition) is 4. The van der Waals surface area contributed by atoms with Crippen LogP contribution in [0.3, 0.4) is 0 Å². The van der Waals surface area contributed by atoms with Crippen LogP contribution in [0.25, 0.3) is 0 Å². The second-order valence-corrected chi connectivity index (χ2v) is 6.15. The number of rotatable bonds is 0. The molecule has 3 rings (SSSR count). The van der Waals surface area contributed by atoms with Gasteiger partial charge < -0.3 is 10.5 Å². The Labute approximate surface area is 119 Å². The van der Waals surface area contributed by atoms with Crippen molar-refractivity contribution in [1.29, 1.82) is 0 Å². The summed E-state index contributed by atoms with van der Waals surface area (Å²) in [7, 11) is 0. The van der Waals surface area contributed by atoms with Crippen LogP contribution in [-0.4, -0.2) is 21.8 Å². The molecule has 6 heteroatoms. The number of anilines is 1. The van der Waals surface area contributed by atoms with Gasteiger partial charge in [-0.05, 0) is 59.7 Å². The topological polar surface area (TPSA) is 74.6 Å². The summed E-state index contributed by atoms with van der Waals surface area (Å²) in [6.45, 7) is 0. The van der Waals surface area contributed by atoms with Gasteiger partial charge in [0.25, 0.3) is 0 Å². The number of carbonyl (C=O) groups is 1. The quantitative estimate of drug-likeness (QED) is 0.569. The first-order valence-corrected chi connectivity index (χ1v) is 7.08. The largest absolute Gasteiger partial charge is 0.411 e. The van der Waals surface area contributed by atoms with E-state index >= 15 is 0 Å². The number of carbonyl (C=O) groups excluding carboxylic acids is 1. The van der Waals surface area contributed by atoms with Crippen molar-refractivity contribution in [2.45, 2.75) is 32.1 Å². The lowest BCUT2D eigenvalue weighted by Crippen LogP contribution is -2.44. The maximum absolute atomic E-state index is 12.3. The van der Waals surface area contributed by atoms with E-state index in [2.05, 4.69) is 31.4 Å². The Kier molecular flexibility index (Phi) is 3.05. The number of nitrogens with one attached hydrogen (secondary N) is 1. The molecule has 0 radical (unpaired) electrons. The minimum Gasteiger partial charge on any atom is -0.411 e. The van der Waals surface area contributed by atoms with E-state index in [1.54, 1.807) is 6.20 Å². The van der Waals surface area contributed by atoms with Crippen molar-refractivity contribution >= 4 is 33.4 Å². The van der Waals surface area contributed by atoms with E-state index in [0.29, 0.717) is 25.1 Å². The fourth-order valence-corrected chi connectivity index (χ4v) is 3.31. The molecule has 2 heterocycles. The second kappa shape index (κ2) is 4.59. The Bertz CT molecular complexity index is 561. The first-order chi connectivity index (χ1) is 9.13. The van der Waals surface area contributed by atoms with E-state index < -0.39 is 0 Å². The Balaban J connectivity index is 1.91. The number of nitrogens with zero attached hydrogens (tertiary/aromatic N) is 2. The summed E-state index contributed by atoms with van der Waals surface area (Å²) in [4.78, 5) is 16.6. The molecule has 1 aliphatic carbocycles. The predicted molar refractivity (Wildman–Crippen MR) is 74.4 cm³/mol. The molecule has 100 valence electrons. The standard InChI is InChI=1S/C13H14BrN3O2/c14-9-5-8-6-13(3-1-10(17-19)2-4-13)12(18)16-11(8)15-7-9/h5,7,19H,1-4,6H2,(H,15,16,18). The van der Waals surface area contributed by atoms with E-state index in [1.807, 2.05) is 6.07 Å². The van der Waals surface area contributed by atoms with Crippen molar-refractivity contribution in [1.82, 2.24) is 4.98 Å². The lowest BCUT2D eigenvalue weighted by atomic mass is 9.68. The average molecular weight is 324 g/mol. The van der Waals surface area contributed by atoms with Gasteiger partial charge in [0.05, 0.1) is 11.1 Å². The molecule has 5 nitrogen and oxygen atoms in total. The van der Waals surface area contributed by atoms with Crippen LogP contribution in [-0.2, 0) is 11.2 Å². The third-order valence-electron chi connectivity index (χ3n) is 4.10. The van der Waals surface area contributed by atoms with Crippen LogP contribution in [0, 0.1) is 5.41 Å². The molecule has 0 saturated heterocycles. The van der Waals surface area contributed by atoms with Crippen molar-refractivity contribution in [3.63, 3.8) is 0 Å². The summed E-state index contributed by atoms with van der Waals surface area (Å²) >= 11 is 3.41. The molecule has 1 aromatic heterocycles. The fraction of sp³-hybridized carbons (Fsp3) is 0.462. The number of aromatic nitrogens is 1. The summed E-state index contributed by atoms with van der Waals surface area (Å²) < 4.78 is 0.922. The highest BCUT2D eigenvalue weighted by molar-refractivity contribution is 9.10. The van der Waals surface area contributed by atoms with Gasteiger partial charge in [-0.2, -0.15) is 0 Å². The van der Waals surface area contributed by atoms with Crippen LogP contribution in [0.15, 0.2) is 21.9 Å². The second-order valence-electron chi connectivity index (χ2n) is 5.24. The Morgan fingerprint density at radius 3 is 2.84 bits per heavy atom. The number of hydrogen-bond donors (Lipinski definition) is 2. The van der Waals surface area contributed by atoms with Crippen LogP contribution in [0.1, 0.15) is 31.2 Å². The van der Waals surface area contributed by atoms with Crippen molar-refractivity contribution in [2.24, 2.45) is 10.6 Å². The van der Waals surface area contributed by atoms with Crippen molar-refractivity contribution in [3.8, 4) is 0 Å². The first kappa shape index (κ1) is 12.6. The van der Waals surface area contributed by atoms with E-state index in [4.69, 9.17) is 5.21 Å². The molecule has 1 amide bonds. The molecule has 2 N–H and O–H groups in total. The minimum absolute atomic E-state index is 0.0480. The highest BCUT2D eigenvalue weighted by Crippen LogP contribution is 2.43. The third kappa shape index (κ3) is 2.14. The van der Waals surface area contributed by atoms with Crippen LogP contribution >= 0.6 is 15.9 Å². The average Bonchev–Trinajstić information content (AvgIpc) is 2.41. The molecule has 1 fully saturated rings. The van der Waals surface area contributed by atoms with Gasteiger partial charge in [0.1, 0.15) is 5.82 Å². The predicted octanol–water partition coefficient (Wildman–Crippen LogP) is 2.73. The molecule has 2 aliphatic rings. The summed E-state index contributed by atoms with van der Waals surface area (Å²) in [5.74, 6) is 0.715. The van der Waals surface area contributed by atoms with Crippen LogP contribution in [0.4, 0.5) is 5.82 Å². The number of halogens is 1. The number of fused-ring (bicyclic) bond motifs is 1. The summed E-state index contributed by atoms with van der Waals surface area (Å²) in [6.07, 6.45) is 5.21. The fourth-order valence-electron chi connectivity index (χ4n) is 2.93. The lowest BCUT2D eigenvalue weighted by Gasteiger charge is -2.39. The van der Waals surface area contributed by atoms with Crippen LogP contribution in [0.5, 0.6) is 0 Å². The molecule has 1 saturated carbocycles. The number of oxime groups is 1. The summed E-state index contributed by atoms with van der Waals surface area (Å²) in [5.41, 5.74) is 1.49. The Morgan fingerprint density at radius 2 is 2.16 bits per heavy atom. The van der Waals surface area contributed by atoms with E-state index in [9.17, 15) is 4.79 Å². The van der Waals surface area contributed by atoms with E-state index in [0.717, 1.165) is 28.6 Å². The van der Waals surface area contributed by atoms with E-state index in [-0.39, 0.29) is 11.3 Å². The van der Waals surface area contributed by atoms with Gasteiger partial charge in [0, 0.05) is 10.7 Å². The molecule has 0 aromatic carbocycles. The summed E-state index contributed by atoms with van der Waals surface area (Å²) in [5, 5.41) is 15.0. The zero-order valence-corrected chi connectivity index (χ0v) is 11.9. The zero-order chi connectivity index (χ0) is 13.5. The van der Waals surface area contributed by atoms with Crippen molar-refractivity contribution < 1.29 is 10.0 Å². The highest BCUT2D eigenvalue weighted by atomic mass is 79.9. The van der Waals surface area contributed by atoms with Crippen LogP contribution in [0.2, 0.25) is 0 Å². The molecular weight excluding hydrogens is 310 g/mol. The molecule has 0 bridgehead atoms. The number of amides is 1. The minimum atomic E-state index is -0.371. The van der Waals surface area contributed by atoms with Gasteiger partial charge in [-0.1, -0.05) is 5.16 Å². The van der Waals surface area contributed by atoms with Crippen molar-refractivity contribution in [2.75, 3.05) is 5.32 Å². The highest BCUT2D eigenvalue weighted by Gasteiger charge is 2.44. The van der Waals surface area contributed by atoms with Gasteiger partial charge in [-0.25, -0.2) is 4.98 Å². The van der Waals surface area contributed by atoms with Crippen molar-refractivity contribution in [3.05, 3.63) is 22.3 Å². The maximum atomic E-state index is 12.3. The molecule has 1 aliphatic heterocycles. The van der Waals surface area contributed by atoms with E-state index in [1.165, 1.54) is 0 Å². The van der Waals surface area contributed by atoms with Gasteiger partial charge in [-0.15, -0.1) is 0 Å². The first-order valence-electron chi connectivity index (χ1n) is 6.29. The molecule has 0 unspecified atom stereocenters. The van der Waals surface area contributed by atoms with Gasteiger partial charge in [0.2, 0.25) is 5.91 Å². The zero-order valence-electron chi connectivity index (χ0n) is 10.3. The van der Waals surface area contributed by atoms with Crippen LogP contribution < -0.4 is 5.32 Å². The third-order valence-corrected chi connectivity index (χ3v) is 4.54. The molecule has 0 atom stereocenters. The molecule has 19 heavy (non-hydrogen) atoms.